The van der Waals surface area contributed by atoms with E-state index in [0.717, 1.165) is 27.6 Å². The second kappa shape index (κ2) is 5.14. The van der Waals surface area contributed by atoms with Crippen LogP contribution >= 0.6 is 10.0 Å². The molecular formula is C20H19NOS. The number of para-hydroxylation sites is 1. The molecule has 0 saturated heterocycles. The highest BCUT2D eigenvalue weighted by atomic mass is 32.3. The summed E-state index contributed by atoms with van der Waals surface area (Å²) in [5.41, 5.74) is 4.00. The van der Waals surface area contributed by atoms with Gasteiger partial charge in [-0.05, 0) is 35.8 Å². The molecule has 0 spiro atoms. The lowest BCUT2D eigenvalue weighted by atomic mass is 10.1. The van der Waals surface area contributed by atoms with Crippen LogP contribution in [0.25, 0.3) is 33.2 Å². The fourth-order valence-electron chi connectivity index (χ4n) is 2.98. The Morgan fingerprint density at radius 1 is 0.826 bits per heavy atom. The molecule has 0 atom stereocenters. The Hall–Kier alpha value is -2.26. The fourth-order valence-corrected chi connectivity index (χ4v) is 4.30. The Labute approximate surface area is 137 Å². The maximum absolute atomic E-state index is 6.01. The second-order valence-corrected chi connectivity index (χ2v) is 10.6. The van der Waals surface area contributed by atoms with Crippen LogP contribution in [0.4, 0.5) is 0 Å². The van der Waals surface area contributed by atoms with E-state index in [9.17, 15) is 0 Å². The number of rotatable bonds is 2. The van der Waals surface area contributed by atoms with Crippen LogP contribution in [0.5, 0.6) is 0 Å². The van der Waals surface area contributed by atoms with E-state index >= 15 is 0 Å². The zero-order valence-electron chi connectivity index (χ0n) is 13.5. The van der Waals surface area contributed by atoms with Crippen LogP contribution in [-0.4, -0.2) is 23.8 Å². The fraction of sp³-hybridized carbons (Fsp3) is 0.150. The minimum absolute atomic E-state index is 0.830. The molecule has 0 N–H and O–H groups in total. The molecule has 0 bridgehead atoms. The molecule has 116 valence electrons. The highest BCUT2D eigenvalue weighted by Gasteiger charge is 2.16. The monoisotopic (exact) mass is 321 g/mol. The molecule has 0 aliphatic carbocycles. The van der Waals surface area contributed by atoms with E-state index in [1.807, 2.05) is 24.4 Å². The summed E-state index contributed by atoms with van der Waals surface area (Å²) in [5.74, 6) is 0. The minimum atomic E-state index is -0.830. The van der Waals surface area contributed by atoms with Crippen LogP contribution < -0.4 is 0 Å². The molecule has 0 amide bonds. The lowest BCUT2D eigenvalue weighted by Gasteiger charge is -2.28. The smallest absolute Gasteiger partial charge is 0.139 e. The summed E-state index contributed by atoms with van der Waals surface area (Å²) in [5, 5.41) is 2.20. The number of aromatic nitrogens is 1. The topological polar surface area (TPSA) is 26.0 Å². The van der Waals surface area contributed by atoms with Gasteiger partial charge in [-0.1, -0.05) is 36.4 Å². The second-order valence-electron chi connectivity index (χ2n) is 6.50. The number of hydrogen-bond acceptors (Lipinski definition) is 2. The van der Waals surface area contributed by atoms with Crippen molar-refractivity contribution < 1.29 is 4.42 Å². The summed E-state index contributed by atoms with van der Waals surface area (Å²) < 4.78 is 6.01. The van der Waals surface area contributed by atoms with Crippen LogP contribution in [0, 0.1) is 0 Å². The molecule has 2 aromatic carbocycles. The highest BCUT2D eigenvalue weighted by molar-refractivity contribution is 8.32. The van der Waals surface area contributed by atoms with Crippen molar-refractivity contribution in [2.24, 2.45) is 0 Å². The van der Waals surface area contributed by atoms with Crippen molar-refractivity contribution in [2.75, 3.05) is 18.8 Å². The van der Waals surface area contributed by atoms with Gasteiger partial charge in [0.05, 0.1) is 5.69 Å². The minimum Gasteiger partial charge on any atom is -0.456 e. The Bertz CT molecular complexity index is 1010. The largest absolute Gasteiger partial charge is 0.456 e. The molecule has 0 aliphatic heterocycles. The molecule has 0 aliphatic rings. The van der Waals surface area contributed by atoms with Crippen molar-refractivity contribution in [2.45, 2.75) is 4.90 Å². The Kier molecular flexibility index (Phi) is 3.20. The first kappa shape index (κ1) is 14.3. The number of pyridine rings is 1. The van der Waals surface area contributed by atoms with E-state index in [2.05, 4.69) is 55.2 Å². The van der Waals surface area contributed by atoms with Crippen molar-refractivity contribution in [3.63, 3.8) is 0 Å². The third kappa shape index (κ3) is 2.41. The summed E-state index contributed by atoms with van der Waals surface area (Å²) in [6.07, 6.45) is 8.87. The van der Waals surface area contributed by atoms with Crippen LogP contribution in [0.15, 0.2) is 70.1 Å². The SMILES string of the molecule is CS(C)(C)c1ccccc1-c1cc2oc3ccccc3c2cn1. The molecule has 23 heavy (non-hydrogen) atoms. The van der Waals surface area contributed by atoms with Gasteiger partial charge in [-0.15, -0.1) is 0 Å². The van der Waals surface area contributed by atoms with E-state index in [0.29, 0.717) is 0 Å². The molecule has 2 heterocycles. The molecule has 4 rings (SSSR count). The van der Waals surface area contributed by atoms with Gasteiger partial charge in [-0.25, -0.2) is 10.0 Å². The normalized spacial score (nSPS) is 12.8. The molecular weight excluding hydrogens is 302 g/mol. The molecule has 3 heteroatoms. The van der Waals surface area contributed by atoms with Gasteiger partial charge in [0.25, 0.3) is 0 Å². The van der Waals surface area contributed by atoms with Crippen LogP contribution in [0.3, 0.4) is 0 Å². The molecule has 4 aromatic rings. The first-order chi connectivity index (χ1) is 11.0. The standard InChI is InChI=1S/C20H19NOS/c1-23(2,3)20-11-7-5-9-15(20)17-12-19-16(13-21-17)14-8-4-6-10-18(14)22-19/h4-13H,1-3H3. The van der Waals surface area contributed by atoms with E-state index in [1.54, 1.807) is 0 Å². The van der Waals surface area contributed by atoms with Gasteiger partial charge < -0.3 is 4.42 Å². The predicted octanol–water partition coefficient (Wildman–Crippen LogP) is 5.70. The number of benzene rings is 2. The van der Waals surface area contributed by atoms with Gasteiger partial charge >= 0.3 is 0 Å². The third-order valence-electron chi connectivity index (χ3n) is 4.09. The number of fused-ring (bicyclic) bond motifs is 3. The van der Waals surface area contributed by atoms with Gasteiger partial charge in [-0.3, -0.25) is 4.98 Å². The Morgan fingerprint density at radius 2 is 1.57 bits per heavy atom. The number of nitrogens with zero attached hydrogens (tertiary/aromatic N) is 1. The molecule has 2 nitrogen and oxygen atoms in total. The quantitative estimate of drug-likeness (QED) is 0.473. The van der Waals surface area contributed by atoms with Crippen molar-refractivity contribution in [1.82, 2.24) is 4.98 Å². The summed E-state index contributed by atoms with van der Waals surface area (Å²) in [6, 6.07) is 18.7. The lowest BCUT2D eigenvalue weighted by Crippen LogP contribution is -1.97. The molecule has 0 radical (unpaired) electrons. The molecule has 0 unspecified atom stereocenters. The van der Waals surface area contributed by atoms with Gasteiger partial charge in [0.1, 0.15) is 11.2 Å². The molecule has 2 aromatic heterocycles. The summed E-state index contributed by atoms with van der Waals surface area (Å²) in [4.78, 5) is 6.10. The zero-order chi connectivity index (χ0) is 16.0. The van der Waals surface area contributed by atoms with Crippen LogP contribution in [-0.2, 0) is 0 Å². The third-order valence-corrected chi connectivity index (χ3v) is 5.76. The zero-order valence-corrected chi connectivity index (χ0v) is 14.4. The van der Waals surface area contributed by atoms with E-state index in [4.69, 9.17) is 9.40 Å². The summed E-state index contributed by atoms with van der Waals surface area (Å²) in [6.45, 7) is 0. The first-order valence-electron chi connectivity index (χ1n) is 7.59. The average Bonchev–Trinajstić information content (AvgIpc) is 2.91. The van der Waals surface area contributed by atoms with E-state index in [-0.39, 0.29) is 0 Å². The van der Waals surface area contributed by atoms with E-state index < -0.39 is 10.0 Å². The Morgan fingerprint density at radius 3 is 2.39 bits per heavy atom. The van der Waals surface area contributed by atoms with Gasteiger partial charge in [0.2, 0.25) is 0 Å². The summed E-state index contributed by atoms with van der Waals surface area (Å²) >= 11 is 0. The van der Waals surface area contributed by atoms with Crippen molar-refractivity contribution >= 4 is 32.0 Å². The highest BCUT2D eigenvalue weighted by Crippen LogP contribution is 2.49. The molecule has 0 saturated carbocycles. The predicted molar refractivity (Wildman–Crippen MR) is 101 cm³/mol. The number of hydrogen-bond donors (Lipinski definition) is 0. The molecule has 0 fully saturated rings. The Balaban J connectivity index is 1.96. The van der Waals surface area contributed by atoms with E-state index in [1.165, 1.54) is 10.5 Å². The van der Waals surface area contributed by atoms with Crippen molar-refractivity contribution in [1.29, 1.82) is 0 Å². The van der Waals surface area contributed by atoms with Gasteiger partial charge in [-0.2, -0.15) is 0 Å². The van der Waals surface area contributed by atoms with Crippen molar-refractivity contribution in [3.8, 4) is 11.3 Å². The van der Waals surface area contributed by atoms with Crippen LogP contribution in [0.2, 0.25) is 0 Å². The van der Waals surface area contributed by atoms with Crippen molar-refractivity contribution in [3.05, 3.63) is 60.8 Å². The summed E-state index contributed by atoms with van der Waals surface area (Å²) in [7, 11) is -0.830. The van der Waals surface area contributed by atoms with Gasteiger partial charge in [0.15, 0.2) is 0 Å². The maximum atomic E-state index is 6.01. The average molecular weight is 321 g/mol. The maximum Gasteiger partial charge on any atom is 0.139 e. The first-order valence-corrected chi connectivity index (χ1v) is 10.4. The number of furan rings is 1. The van der Waals surface area contributed by atoms with Crippen LogP contribution in [0.1, 0.15) is 0 Å². The van der Waals surface area contributed by atoms with Gasteiger partial charge in [0, 0.05) is 28.6 Å². The lowest BCUT2D eigenvalue weighted by molar-refractivity contribution is 0.668.